The first-order valence-electron chi connectivity index (χ1n) is 8.29. The Labute approximate surface area is 152 Å². The van der Waals surface area contributed by atoms with Crippen LogP contribution in [-0.2, 0) is 6.42 Å². The average Bonchev–Trinajstić information content (AvgIpc) is 2.63. The quantitative estimate of drug-likeness (QED) is 0.797. The van der Waals surface area contributed by atoms with Crippen LogP contribution in [0.2, 0.25) is 5.02 Å². The molecule has 1 aromatic heterocycles. The van der Waals surface area contributed by atoms with E-state index in [0.717, 1.165) is 12.0 Å². The standard InChI is InChI=1S/C19H22ClN3O2/c1-3-13(2)23-18(24)15-9-11-21-17(12-15)19(25)22-10-8-14-4-6-16(20)7-5-14/h4-7,9,11-13H,3,8,10H2,1-2H3,(H,22,25)(H,23,24). The number of carbonyl (C=O) groups excluding carboxylic acids is 2. The van der Waals surface area contributed by atoms with Crippen molar-refractivity contribution in [1.82, 2.24) is 15.6 Å². The summed E-state index contributed by atoms with van der Waals surface area (Å²) in [6.07, 6.45) is 3.01. The average molecular weight is 360 g/mol. The van der Waals surface area contributed by atoms with Gasteiger partial charge in [0.05, 0.1) is 0 Å². The maximum atomic E-state index is 12.2. The zero-order chi connectivity index (χ0) is 18.2. The zero-order valence-corrected chi connectivity index (χ0v) is 15.1. The molecule has 0 fully saturated rings. The van der Waals surface area contributed by atoms with Crippen LogP contribution in [0.4, 0.5) is 0 Å². The van der Waals surface area contributed by atoms with Crippen molar-refractivity contribution in [2.24, 2.45) is 0 Å². The van der Waals surface area contributed by atoms with Gasteiger partial charge in [0.1, 0.15) is 5.69 Å². The molecule has 132 valence electrons. The highest BCUT2D eigenvalue weighted by molar-refractivity contribution is 6.30. The van der Waals surface area contributed by atoms with E-state index in [0.29, 0.717) is 23.6 Å². The van der Waals surface area contributed by atoms with Gasteiger partial charge >= 0.3 is 0 Å². The van der Waals surface area contributed by atoms with Crippen molar-refractivity contribution < 1.29 is 9.59 Å². The number of hydrogen-bond donors (Lipinski definition) is 2. The van der Waals surface area contributed by atoms with E-state index in [2.05, 4.69) is 15.6 Å². The molecule has 0 aliphatic heterocycles. The summed E-state index contributed by atoms with van der Waals surface area (Å²) in [5, 5.41) is 6.37. The minimum Gasteiger partial charge on any atom is -0.350 e. The van der Waals surface area contributed by atoms with E-state index >= 15 is 0 Å². The second-order valence-electron chi connectivity index (χ2n) is 5.84. The summed E-state index contributed by atoms with van der Waals surface area (Å²) in [6, 6.07) is 10.7. The zero-order valence-electron chi connectivity index (χ0n) is 14.4. The summed E-state index contributed by atoms with van der Waals surface area (Å²) >= 11 is 5.85. The van der Waals surface area contributed by atoms with Crippen molar-refractivity contribution in [3.8, 4) is 0 Å². The molecule has 0 spiro atoms. The fourth-order valence-electron chi connectivity index (χ4n) is 2.17. The van der Waals surface area contributed by atoms with Crippen molar-refractivity contribution in [1.29, 1.82) is 0 Å². The lowest BCUT2D eigenvalue weighted by Gasteiger charge is -2.11. The number of aromatic nitrogens is 1. The molecular weight excluding hydrogens is 338 g/mol. The molecule has 2 N–H and O–H groups in total. The Morgan fingerprint density at radius 3 is 2.56 bits per heavy atom. The summed E-state index contributed by atoms with van der Waals surface area (Å²) in [7, 11) is 0. The number of amides is 2. The number of nitrogens with one attached hydrogen (secondary N) is 2. The lowest BCUT2D eigenvalue weighted by Crippen LogP contribution is -2.32. The molecule has 5 nitrogen and oxygen atoms in total. The topological polar surface area (TPSA) is 71.1 Å². The maximum Gasteiger partial charge on any atom is 0.269 e. The molecule has 6 heteroatoms. The molecule has 2 amide bonds. The minimum atomic E-state index is -0.299. The van der Waals surface area contributed by atoms with E-state index in [-0.39, 0.29) is 23.6 Å². The summed E-state index contributed by atoms with van der Waals surface area (Å²) in [5.74, 6) is -0.501. The SMILES string of the molecule is CCC(C)NC(=O)c1ccnc(C(=O)NCCc2ccc(Cl)cc2)c1. The molecule has 0 saturated carbocycles. The van der Waals surface area contributed by atoms with Crippen LogP contribution in [0.15, 0.2) is 42.6 Å². The molecule has 1 unspecified atom stereocenters. The van der Waals surface area contributed by atoms with Crippen LogP contribution in [0, 0.1) is 0 Å². The van der Waals surface area contributed by atoms with Crippen molar-refractivity contribution >= 4 is 23.4 Å². The Hall–Kier alpha value is -2.40. The minimum absolute atomic E-state index is 0.0808. The van der Waals surface area contributed by atoms with E-state index in [1.165, 1.54) is 12.3 Å². The molecule has 0 saturated heterocycles. The molecular formula is C19H22ClN3O2. The summed E-state index contributed by atoms with van der Waals surface area (Å²) in [6.45, 7) is 4.41. The fraction of sp³-hybridized carbons (Fsp3) is 0.316. The van der Waals surface area contributed by atoms with Crippen molar-refractivity contribution in [3.05, 3.63) is 64.4 Å². The lowest BCUT2D eigenvalue weighted by atomic mass is 10.1. The van der Waals surface area contributed by atoms with Crippen LogP contribution in [-0.4, -0.2) is 29.4 Å². The van der Waals surface area contributed by atoms with Gasteiger partial charge in [0, 0.05) is 29.4 Å². The van der Waals surface area contributed by atoms with Crippen LogP contribution in [0.3, 0.4) is 0 Å². The second-order valence-corrected chi connectivity index (χ2v) is 6.28. The Morgan fingerprint density at radius 1 is 1.16 bits per heavy atom. The first-order valence-corrected chi connectivity index (χ1v) is 8.67. The highest BCUT2D eigenvalue weighted by Crippen LogP contribution is 2.09. The number of rotatable bonds is 7. The number of carbonyl (C=O) groups is 2. The van der Waals surface area contributed by atoms with Gasteiger partial charge in [-0.05, 0) is 49.6 Å². The molecule has 2 rings (SSSR count). The molecule has 0 bridgehead atoms. The Kier molecular flexibility index (Phi) is 6.95. The largest absolute Gasteiger partial charge is 0.350 e. The van der Waals surface area contributed by atoms with Crippen LogP contribution in [0.1, 0.15) is 46.7 Å². The maximum absolute atomic E-state index is 12.2. The van der Waals surface area contributed by atoms with Gasteiger partial charge in [-0.1, -0.05) is 30.7 Å². The lowest BCUT2D eigenvalue weighted by molar-refractivity contribution is 0.0939. The molecule has 1 heterocycles. The number of hydrogen-bond acceptors (Lipinski definition) is 3. The van der Waals surface area contributed by atoms with Crippen LogP contribution >= 0.6 is 11.6 Å². The van der Waals surface area contributed by atoms with E-state index in [9.17, 15) is 9.59 Å². The van der Waals surface area contributed by atoms with E-state index in [1.54, 1.807) is 6.07 Å². The highest BCUT2D eigenvalue weighted by atomic mass is 35.5. The number of benzene rings is 1. The van der Waals surface area contributed by atoms with Crippen molar-refractivity contribution in [2.45, 2.75) is 32.7 Å². The van der Waals surface area contributed by atoms with Gasteiger partial charge in [-0.3, -0.25) is 14.6 Å². The Morgan fingerprint density at radius 2 is 1.88 bits per heavy atom. The molecule has 1 atom stereocenters. The summed E-state index contributed by atoms with van der Waals surface area (Å²) in [5.41, 5.74) is 1.74. The van der Waals surface area contributed by atoms with Gasteiger partial charge in [-0.2, -0.15) is 0 Å². The van der Waals surface area contributed by atoms with Crippen LogP contribution in [0.5, 0.6) is 0 Å². The third-order valence-corrected chi connectivity index (χ3v) is 4.11. The fourth-order valence-corrected chi connectivity index (χ4v) is 2.29. The van der Waals surface area contributed by atoms with Crippen molar-refractivity contribution in [2.75, 3.05) is 6.54 Å². The molecule has 0 aliphatic carbocycles. The predicted octanol–water partition coefficient (Wildman–Crippen LogP) is 3.24. The third kappa shape index (κ3) is 5.87. The molecule has 1 aromatic carbocycles. The number of halogens is 1. The van der Waals surface area contributed by atoms with Gasteiger partial charge in [-0.15, -0.1) is 0 Å². The second kappa shape index (κ2) is 9.18. The first kappa shape index (κ1) is 18.9. The first-order chi connectivity index (χ1) is 12.0. The normalized spacial score (nSPS) is 11.6. The van der Waals surface area contributed by atoms with Gasteiger partial charge in [-0.25, -0.2) is 0 Å². The molecule has 25 heavy (non-hydrogen) atoms. The van der Waals surface area contributed by atoms with Crippen LogP contribution < -0.4 is 10.6 Å². The molecule has 0 radical (unpaired) electrons. The molecule has 2 aromatic rings. The summed E-state index contributed by atoms with van der Waals surface area (Å²) < 4.78 is 0. The summed E-state index contributed by atoms with van der Waals surface area (Å²) in [4.78, 5) is 28.4. The van der Waals surface area contributed by atoms with Gasteiger partial charge < -0.3 is 10.6 Å². The highest BCUT2D eigenvalue weighted by Gasteiger charge is 2.13. The van der Waals surface area contributed by atoms with Gasteiger partial charge in [0.2, 0.25) is 0 Å². The van der Waals surface area contributed by atoms with Gasteiger partial charge in [0.15, 0.2) is 0 Å². The number of pyridine rings is 1. The molecule has 0 aliphatic rings. The smallest absolute Gasteiger partial charge is 0.269 e. The van der Waals surface area contributed by atoms with E-state index in [4.69, 9.17) is 11.6 Å². The van der Waals surface area contributed by atoms with Crippen molar-refractivity contribution in [3.63, 3.8) is 0 Å². The third-order valence-electron chi connectivity index (χ3n) is 3.86. The van der Waals surface area contributed by atoms with Crippen LogP contribution in [0.25, 0.3) is 0 Å². The monoisotopic (exact) mass is 359 g/mol. The van der Waals surface area contributed by atoms with E-state index in [1.807, 2.05) is 38.1 Å². The van der Waals surface area contributed by atoms with E-state index < -0.39 is 0 Å². The number of nitrogens with zero attached hydrogens (tertiary/aromatic N) is 1. The van der Waals surface area contributed by atoms with Gasteiger partial charge in [0.25, 0.3) is 11.8 Å². The Bertz CT molecular complexity index is 732. The predicted molar refractivity (Wildman–Crippen MR) is 98.9 cm³/mol. The Balaban J connectivity index is 1.91.